The number of furan rings is 1. The van der Waals surface area contributed by atoms with Crippen LogP contribution < -0.4 is 5.32 Å². The van der Waals surface area contributed by atoms with Crippen molar-refractivity contribution in [1.82, 2.24) is 10.2 Å². The molecule has 1 fully saturated rings. The Labute approximate surface area is 128 Å². The predicted octanol–water partition coefficient (Wildman–Crippen LogP) is 3.09. The van der Waals surface area contributed by atoms with E-state index in [1.54, 1.807) is 0 Å². The fourth-order valence-corrected chi connectivity index (χ4v) is 2.97. The zero-order valence-electron chi connectivity index (χ0n) is 13.8. The van der Waals surface area contributed by atoms with E-state index in [1.807, 2.05) is 6.92 Å². The zero-order chi connectivity index (χ0) is 15.1. The van der Waals surface area contributed by atoms with Crippen molar-refractivity contribution in [2.45, 2.75) is 58.7 Å². The molecule has 1 unspecified atom stereocenters. The van der Waals surface area contributed by atoms with Gasteiger partial charge < -0.3 is 19.4 Å². The van der Waals surface area contributed by atoms with Crippen molar-refractivity contribution < 1.29 is 9.15 Å². The molecule has 0 saturated carbocycles. The SMILES string of the molecule is CCCNCc1cc(COCCC2CCCN2C)oc1C. The third kappa shape index (κ3) is 5.13. The van der Waals surface area contributed by atoms with Gasteiger partial charge in [0.05, 0.1) is 0 Å². The van der Waals surface area contributed by atoms with Gasteiger partial charge >= 0.3 is 0 Å². The minimum Gasteiger partial charge on any atom is -0.464 e. The number of likely N-dealkylation sites (tertiary alicyclic amines) is 1. The average Bonchev–Trinajstić information content (AvgIpc) is 3.02. The maximum absolute atomic E-state index is 5.78. The van der Waals surface area contributed by atoms with Crippen LogP contribution in [-0.2, 0) is 17.9 Å². The van der Waals surface area contributed by atoms with E-state index >= 15 is 0 Å². The van der Waals surface area contributed by atoms with Gasteiger partial charge in [-0.05, 0) is 58.8 Å². The number of nitrogens with one attached hydrogen (secondary N) is 1. The fraction of sp³-hybridized carbons (Fsp3) is 0.765. The molecule has 4 heteroatoms. The molecule has 4 nitrogen and oxygen atoms in total. The van der Waals surface area contributed by atoms with Crippen molar-refractivity contribution in [2.24, 2.45) is 0 Å². The first-order valence-electron chi connectivity index (χ1n) is 8.27. The molecule has 2 rings (SSSR count). The van der Waals surface area contributed by atoms with Crippen LogP contribution in [0, 0.1) is 6.92 Å². The highest BCUT2D eigenvalue weighted by Crippen LogP contribution is 2.19. The van der Waals surface area contributed by atoms with E-state index < -0.39 is 0 Å². The summed E-state index contributed by atoms with van der Waals surface area (Å²) in [5, 5.41) is 3.41. The molecule has 2 heterocycles. The van der Waals surface area contributed by atoms with E-state index in [0.717, 1.165) is 44.1 Å². The molecule has 120 valence electrons. The van der Waals surface area contributed by atoms with Crippen molar-refractivity contribution >= 4 is 0 Å². The lowest BCUT2D eigenvalue weighted by molar-refractivity contribution is 0.0889. The minimum absolute atomic E-state index is 0.588. The van der Waals surface area contributed by atoms with Crippen molar-refractivity contribution in [3.8, 4) is 0 Å². The summed E-state index contributed by atoms with van der Waals surface area (Å²) in [6.45, 7) is 8.77. The Hall–Kier alpha value is -0.840. The lowest BCUT2D eigenvalue weighted by Gasteiger charge is -2.18. The van der Waals surface area contributed by atoms with Crippen LogP contribution in [0.3, 0.4) is 0 Å². The summed E-state index contributed by atoms with van der Waals surface area (Å²) in [7, 11) is 2.21. The molecule has 0 aromatic carbocycles. The summed E-state index contributed by atoms with van der Waals surface area (Å²) in [5.41, 5.74) is 1.25. The molecule has 1 aromatic heterocycles. The van der Waals surface area contributed by atoms with Gasteiger partial charge in [-0.25, -0.2) is 0 Å². The summed E-state index contributed by atoms with van der Waals surface area (Å²) in [4.78, 5) is 2.44. The van der Waals surface area contributed by atoms with Gasteiger partial charge in [0, 0.05) is 24.8 Å². The zero-order valence-corrected chi connectivity index (χ0v) is 13.8. The van der Waals surface area contributed by atoms with E-state index in [1.165, 1.54) is 24.9 Å². The predicted molar refractivity (Wildman–Crippen MR) is 85.4 cm³/mol. The van der Waals surface area contributed by atoms with Gasteiger partial charge in [0.2, 0.25) is 0 Å². The first kappa shape index (κ1) is 16.5. The normalized spacial score (nSPS) is 19.5. The Morgan fingerprint density at radius 1 is 1.48 bits per heavy atom. The van der Waals surface area contributed by atoms with Gasteiger partial charge in [-0.1, -0.05) is 6.92 Å². The van der Waals surface area contributed by atoms with Crippen LogP contribution in [0.2, 0.25) is 0 Å². The second-order valence-corrected chi connectivity index (χ2v) is 6.09. The van der Waals surface area contributed by atoms with Crippen LogP contribution in [0.25, 0.3) is 0 Å². The van der Waals surface area contributed by atoms with Crippen molar-refractivity contribution in [1.29, 1.82) is 0 Å². The second-order valence-electron chi connectivity index (χ2n) is 6.09. The van der Waals surface area contributed by atoms with E-state index in [-0.39, 0.29) is 0 Å². The van der Waals surface area contributed by atoms with E-state index in [9.17, 15) is 0 Å². The third-order valence-corrected chi connectivity index (χ3v) is 4.33. The Bertz CT molecular complexity index is 417. The maximum Gasteiger partial charge on any atom is 0.130 e. The van der Waals surface area contributed by atoms with Gasteiger partial charge in [-0.3, -0.25) is 0 Å². The van der Waals surface area contributed by atoms with E-state index in [2.05, 4.69) is 30.3 Å². The number of ether oxygens (including phenoxy) is 1. The summed E-state index contributed by atoms with van der Waals surface area (Å²) in [6, 6.07) is 2.83. The first-order valence-corrected chi connectivity index (χ1v) is 8.27. The lowest BCUT2D eigenvalue weighted by Crippen LogP contribution is -2.26. The van der Waals surface area contributed by atoms with E-state index in [4.69, 9.17) is 9.15 Å². The Morgan fingerprint density at radius 3 is 3.05 bits per heavy atom. The van der Waals surface area contributed by atoms with E-state index in [0.29, 0.717) is 12.6 Å². The molecule has 0 spiro atoms. The highest BCUT2D eigenvalue weighted by atomic mass is 16.5. The summed E-state index contributed by atoms with van der Waals surface area (Å²) in [5.74, 6) is 1.95. The van der Waals surface area contributed by atoms with Crippen LogP contribution in [0.15, 0.2) is 10.5 Å². The number of nitrogens with zero attached hydrogens (tertiary/aromatic N) is 1. The highest BCUT2D eigenvalue weighted by Gasteiger charge is 2.20. The monoisotopic (exact) mass is 294 g/mol. The van der Waals surface area contributed by atoms with Gasteiger partial charge in [0.15, 0.2) is 0 Å². The summed E-state index contributed by atoms with van der Waals surface area (Å²) in [6.07, 6.45) is 4.92. The smallest absolute Gasteiger partial charge is 0.130 e. The van der Waals surface area contributed by atoms with Crippen LogP contribution in [0.1, 0.15) is 49.7 Å². The number of hydrogen-bond acceptors (Lipinski definition) is 4. The van der Waals surface area contributed by atoms with Crippen LogP contribution in [0.4, 0.5) is 0 Å². The lowest BCUT2D eigenvalue weighted by atomic mass is 10.1. The molecular weight excluding hydrogens is 264 g/mol. The Balaban J connectivity index is 1.67. The molecule has 0 aliphatic carbocycles. The molecule has 1 saturated heterocycles. The van der Waals surface area contributed by atoms with Crippen molar-refractivity contribution in [3.05, 3.63) is 23.2 Å². The largest absolute Gasteiger partial charge is 0.464 e. The minimum atomic E-state index is 0.588. The molecule has 1 atom stereocenters. The number of rotatable bonds is 9. The molecular formula is C17H30N2O2. The fourth-order valence-electron chi connectivity index (χ4n) is 2.97. The van der Waals surface area contributed by atoms with Gasteiger partial charge in [-0.2, -0.15) is 0 Å². The third-order valence-electron chi connectivity index (χ3n) is 4.33. The number of hydrogen-bond donors (Lipinski definition) is 1. The quantitative estimate of drug-likeness (QED) is 0.710. The Kier molecular flexibility index (Phi) is 6.74. The molecule has 21 heavy (non-hydrogen) atoms. The topological polar surface area (TPSA) is 37.6 Å². The number of aryl methyl sites for hydroxylation is 1. The average molecular weight is 294 g/mol. The van der Waals surface area contributed by atoms with Crippen LogP contribution in [-0.4, -0.2) is 37.7 Å². The van der Waals surface area contributed by atoms with Crippen LogP contribution in [0.5, 0.6) is 0 Å². The molecule has 1 aliphatic rings. The molecule has 1 aliphatic heterocycles. The van der Waals surface area contributed by atoms with Gasteiger partial charge in [0.25, 0.3) is 0 Å². The molecule has 0 amide bonds. The van der Waals surface area contributed by atoms with Crippen molar-refractivity contribution in [2.75, 3.05) is 26.7 Å². The second kappa shape index (κ2) is 8.57. The summed E-state index contributed by atoms with van der Waals surface area (Å²) >= 11 is 0. The van der Waals surface area contributed by atoms with Gasteiger partial charge in [0.1, 0.15) is 18.1 Å². The maximum atomic E-state index is 5.78. The summed E-state index contributed by atoms with van der Waals surface area (Å²) < 4.78 is 11.5. The standard InChI is InChI=1S/C17H30N2O2/c1-4-8-18-12-15-11-17(21-14(15)2)13-20-10-7-16-6-5-9-19(16)3/h11,16,18H,4-10,12-13H2,1-3H3. The van der Waals surface area contributed by atoms with Gasteiger partial charge in [-0.15, -0.1) is 0 Å². The highest BCUT2D eigenvalue weighted by molar-refractivity contribution is 5.20. The van der Waals surface area contributed by atoms with Crippen molar-refractivity contribution in [3.63, 3.8) is 0 Å². The molecule has 0 radical (unpaired) electrons. The Morgan fingerprint density at radius 2 is 2.33 bits per heavy atom. The molecule has 0 bridgehead atoms. The van der Waals surface area contributed by atoms with Crippen LogP contribution >= 0.6 is 0 Å². The first-order chi connectivity index (χ1) is 10.2. The molecule has 1 N–H and O–H groups in total. The molecule has 1 aromatic rings.